The average molecular weight is 263 g/mol. The van der Waals surface area contributed by atoms with Gasteiger partial charge >= 0.3 is 0 Å². The number of β-amino-alcohol motifs (C(OH)–C–C–N with tert-alkyl or cyclic N) is 1. The van der Waals surface area contributed by atoms with E-state index in [2.05, 4.69) is 17.6 Å². The monoisotopic (exact) mass is 262 g/mol. The number of hydrogen-bond acceptors (Lipinski definition) is 3. The molecule has 4 nitrogen and oxygen atoms in total. The molecule has 5 heteroatoms. The van der Waals surface area contributed by atoms with Gasteiger partial charge in [-0.15, -0.1) is 12.4 Å². The molecule has 0 spiro atoms. The van der Waals surface area contributed by atoms with Gasteiger partial charge in [0.05, 0.1) is 12.1 Å². The summed E-state index contributed by atoms with van der Waals surface area (Å²) in [6.45, 7) is 3.54. The lowest BCUT2D eigenvalue weighted by molar-refractivity contribution is -0.123. The minimum absolute atomic E-state index is 0. The molecule has 0 unspecified atom stereocenters. The van der Waals surface area contributed by atoms with Gasteiger partial charge in [0.15, 0.2) is 0 Å². The van der Waals surface area contributed by atoms with Crippen LogP contribution in [-0.2, 0) is 4.79 Å². The van der Waals surface area contributed by atoms with E-state index in [0.717, 1.165) is 13.0 Å². The second kappa shape index (κ2) is 6.03. The Morgan fingerprint density at radius 1 is 1.53 bits per heavy atom. The van der Waals surface area contributed by atoms with Crippen molar-refractivity contribution in [1.82, 2.24) is 10.6 Å². The van der Waals surface area contributed by atoms with Crippen LogP contribution < -0.4 is 10.6 Å². The highest BCUT2D eigenvalue weighted by Gasteiger charge is 2.36. The molecule has 1 saturated heterocycles. The molecule has 2 atom stereocenters. The van der Waals surface area contributed by atoms with E-state index >= 15 is 0 Å². The Labute approximate surface area is 109 Å². The summed E-state index contributed by atoms with van der Waals surface area (Å²) < 4.78 is 0. The van der Waals surface area contributed by atoms with E-state index < -0.39 is 0 Å². The molecule has 2 aliphatic rings. The number of hydrogen-bond donors (Lipinski definition) is 3. The Morgan fingerprint density at radius 2 is 2.24 bits per heavy atom. The third kappa shape index (κ3) is 3.33. The molecule has 0 aromatic carbocycles. The van der Waals surface area contributed by atoms with Crippen molar-refractivity contribution in [2.45, 2.75) is 51.2 Å². The number of nitrogens with one attached hydrogen (secondary N) is 2. The lowest BCUT2D eigenvalue weighted by Gasteiger charge is -2.41. The van der Waals surface area contributed by atoms with Crippen LogP contribution in [-0.4, -0.2) is 36.2 Å². The number of aliphatic hydroxyl groups is 1. The minimum Gasteiger partial charge on any atom is -0.392 e. The van der Waals surface area contributed by atoms with E-state index in [1.165, 1.54) is 19.3 Å². The van der Waals surface area contributed by atoms with Gasteiger partial charge in [-0.2, -0.15) is 0 Å². The van der Waals surface area contributed by atoms with Crippen molar-refractivity contribution in [2.75, 3.05) is 13.1 Å². The van der Waals surface area contributed by atoms with E-state index in [4.69, 9.17) is 0 Å². The van der Waals surface area contributed by atoms with E-state index in [0.29, 0.717) is 18.4 Å². The van der Waals surface area contributed by atoms with E-state index in [-0.39, 0.29) is 30.5 Å². The summed E-state index contributed by atoms with van der Waals surface area (Å²) in [7, 11) is 0. The van der Waals surface area contributed by atoms with Gasteiger partial charge in [-0.1, -0.05) is 13.3 Å². The Morgan fingerprint density at radius 3 is 2.65 bits per heavy atom. The molecule has 1 saturated carbocycles. The Bertz CT molecular complexity index is 264. The summed E-state index contributed by atoms with van der Waals surface area (Å²) in [5, 5.41) is 15.4. The normalized spacial score (nSPS) is 30.2. The summed E-state index contributed by atoms with van der Waals surface area (Å²) >= 11 is 0. The first-order valence-electron chi connectivity index (χ1n) is 6.34. The van der Waals surface area contributed by atoms with Gasteiger partial charge in [0, 0.05) is 13.1 Å². The highest BCUT2D eigenvalue weighted by Crippen LogP contribution is 2.43. The highest BCUT2D eigenvalue weighted by atomic mass is 35.5. The van der Waals surface area contributed by atoms with Crippen LogP contribution in [0.15, 0.2) is 0 Å². The molecule has 1 aliphatic heterocycles. The first-order valence-corrected chi connectivity index (χ1v) is 6.34. The largest absolute Gasteiger partial charge is 0.392 e. The van der Waals surface area contributed by atoms with E-state index in [1.807, 2.05) is 0 Å². The molecule has 0 aromatic heterocycles. The average Bonchev–Trinajstić information content (AvgIpc) is 2.64. The third-order valence-corrected chi connectivity index (χ3v) is 4.23. The molecule has 2 rings (SSSR count). The predicted molar refractivity (Wildman–Crippen MR) is 69.2 cm³/mol. The lowest BCUT2D eigenvalue weighted by Crippen LogP contribution is -2.47. The van der Waals surface area contributed by atoms with Gasteiger partial charge in [-0.3, -0.25) is 4.79 Å². The van der Waals surface area contributed by atoms with Gasteiger partial charge in [0.1, 0.15) is 0 Å². The van der Waals surface area contributed by atoms with Gasteiger partial charge < -0.3 is 15.7 Å². The van der Waals surface area contributed by atoms with Crippen LogP contribution in [0.3, 0.4) is 0 Å². The second-order valence-corrected chi connectivity index (χ2v) is 5.28. The number of carbonyl (C=O) groups is 1. The molecule has 100 valence electrons. The molecule has 1 heterocycles. The van der Waals surface area contributed by atoms with Crippen molar-refractivity contribution in [3.8, 4) is 0 Å². The lowest BCUT2D eigenvalue weighted by atomic mass is 9.67. The van der Waals surface area contributed by atoms with Gasteiger partial charge in [0.2, 0.25) is 5.91 Å². The van der Waals surface area contributed by atoms with E-state index in [9.17, 15) is 9.90 Å². The summed E-state index contributed by atoms with van der Waals surface area (Å²) in [6.07, 6.45) is 5.11. The fourth-order valence-corrected chi connectivity index (χ4v) is 2.65. The predicted octanol–water partition coefficient (Wildman–Crippen LogP) is 0.827. The van der Waals surface area contributed by atoms with E-state index in [1.54, 1.807) is 0 Å². The summed E-state index contributed by atoms with van der Waals surface area (Å²) in [5.74, 6) is 0.0521. The molecular formula is C12H23ClN2O2. The molecule has 0 bridgehead atoms. The maximum absolute atomic E-state index is 11.8. The van der Waals surface area contributed by atoms with Crippen LogP contribution in [0.5, 0.6) is 0 Å². The Kier molecular flexibility index (Phi) is 5.22. The maximum Gasteiger partial charge on any atom is 0.237 e. The van der Waals surface area contributed by atoms with Crippen molar-refractivity contribution >= 4 is 18.3 Å². The van der Waals surface area contributed by atoms with Crippen molar-refractivity contribution in [2.24, 2.45) is 5.41 Å². The van der Waals surface area contributed by atoms with Crippen LogP contribution in [0, 0.1) is 5.41 Å². The van der Waals surface area contributed by atoms with Crippen LogP contribution in [0.25, 0.3) is 0 Å². The van der Waals surface area contributed by atoms with Crippen molar-refractivity contribution < 1.29 is 9.90 Å². The molecule has 0 radical (unpaired) electrons. The molecule has 1 aliphatic carbocycles. The molecule has 3 N–H and O–H groups in total. The zero-order valence-electron chi connectivity index (χ0n) is 10.4. The summed E-state index contributed by atoms with van der Waals surface area (Å²) in [4.78, 5) is 11.8. The number of amides is 1. The van der Waals surface area contributed by atoms with Gasteiger partial charge in [-0.25, -0.2) is 0 Å². The maximum atomic E-state index is 11.8. The Hall–Kier alpha value is -0.320. The molecule has 1 amide bonds. The molecular weight excluding hydrogens is 240 g/mol. The van der Waals surface area contributed by atoms with Crippen molar-refractivity contribution in [3.05, 3.63) is 0 Å². The quantitative estimate of drug-likeness (QED) is 0.703. The molecule has 0 aromatic rings. The molecule has 17 heavy (non-hydrogen) atoms. The Balaban J connectivity index is 0.00000144. The van der Waals surface area contributed by atoms with Gasteiger partial charge in [-0.05, 0) is 31.1 Å². The SMILES string of the molecule is CCC1(CNC(=O)[C@H]2C[C@@H](O)CN2)CCC1.Cl. The van der Waals surface area contributed by atoms with Crippen LogP contribution >= 0.6 is 12.4 Å². The first kappa shape index (κ1) is 14.7. The minimum atomic E-state index is -0.361. The van der Waals surface area contributed by atoms with Crippen LogP contribution in [0.4, 0.5) is 0 Å². The smallest absolute Gasteiger partial charge is 0.237 e. The van der Waals surface area contributed by atoms with Gasteiger partial charge in [0.25, 0.3) is 0 Å². The number of carbonyl (C=O) groups excluding carboxylic acids is 1. The van der Waals surface area contributed by atoms with Crippen molar-refractivity contribution in [1.29, 1.82) is 0 Å². The number of rotatable bonds is 4. The highest BCUT2D eigenvalue weighted by molar-refractivity contribution is 5.85. The summed E-state index contributed by atoms with van der Waals surface area (Å²) in [5.41, 5.74) is 0.368. The number of aliphatic hydroxyl groups excluding tert-OH is 1. The zero-order valence-corrected chi connectivity index (χ0v) is 11.2. The zero-order chi connectivity index (χ0) is 11.6. The second-order valence-electron chi connectivity index (χ2n) is 5.28. The first-order chi connectivity index (χ1) is 7.65. The van der Waals surface area contributed by atoms with Crippen LogP contribution in [0.2, 0.25) is 0 Å². The third-order valence-electron chi connectivity index (χ3n) is 4.23. The topological polar surface area (TPSA) is 61.4 Å². The fourth-order valence-electron chi connectivity index (χ4n) is 2.65. The van der Waals surface area contributed by atoms with Crippen molar-refractivity contribution in [3.63, 3.8) is 0 Å². The summed E-state index contributed by atoms with van der Waals surface area (Å²) in [6, 6.07) is -0.191. The van der Waals surface area contributed by atoms with Crippen LogP contribution in [0.1, 0.15) is 39.0 Å². The molecule has 2 fully saturated rings. The number of halogens is 1. The standard InChI is InChI=1S/C12H22N2O2.ClH/c1-2-12(4-3-5-12)8-14-11(16)10-6-9(15)7-13-10;/h9-10,13,15H,2-8H2,1H3,(H,14,16);1H/t9-,10-;/m1./s1. The fraction of sp³-hybridized carbons (Fsp3) is 0.917.